The van der Waals surface area contributed by atoms with Crippen LogP contribution < -0.4 is 10.1 Å². The van der Waals surface area contributed by atoms with Crippen molar-refractivity contribution in [3.63, 3.8) is 0 Å². The molecule has 1 heterocycles. The van der Waals surface area contributed by atoms with Crippen molar-refractivity contribution in [1.29, 1.82) is 0 Å². The van der Waals surface area contributed by atoms with Gasteiger partial charge in [-0.2, -0.15) is 0 Å². The van der Waals surface area contributed by atoms with Crippen LogP contribution in [0, 0.1) is 5.92 Å². The van der Waals surface area contributed by atoms with Crippen molar-refractivity contribution in [1.82, 2.24) is 10.2 Å². The molecule has 0 aromatic heterocycles. The molecule has 1 amide bonds. The molecular weight excluding hydrogens is 297 g/mol. The lowest BCUT2D eigenvalue weighted by atomic mass is 10.1. The van der Waals surface area contributed by atoms with Crippen molar-refractivity contribution in [2.24, 2.45) is 5.92 Å². The fourth-order valence-corrected chi connectivity index (χ4v) is 2.61. The Morgan fingerprint density at radius 3 is 2.64 bits per heavy atom. The van der Waals surface area contributed by atoms with Crippen LogP contribution in [0.1, 0.15) is 12.0 Å². The zero-order chi connectivity index (χ0) is 16.2. The van der Waals surface area contributed by atoms with Gasteiger partial charge in [-0.3, -0.25) is 4.79 Å². The number of amides is 1. The minimum atomic E-state index is -4.70. The van der Waals surface area contributed by atoms with Gasteiger partial charge in [-0.05, 0) is 43.6 Å². The Balaban J connectivity index is 1.87. The molecule has 1 saturated heterocycles. The van der Waals surface area contributed by atoms with E-state index in [0.717, 1.165) is 26.1 Å². The predicted octanol–water partition coefficient (Wildman–Crippen LogP) is 2.20. The number of halogens is 3. The highest BCUT2D eigenvalue weighted by atomic mass is 19.4. The summed E-state index contributed by atoms with van der Waals surface area (Å²) in [6.07, 6.45) is -3.53. The summed E-state index contributed by atoms with van der Waals surface area (Å²) in [5.74, 6) is 0.193. The number of ether oxygens (including phenoxy) is 1. The zero-order valence-electron chi connectivity index (χ0n) is 12.3. The van der Waals surface area contributed by atoms with Crippen LogP contribution in [-0.2, 0) is 11.2 Å². The average Bonchev–Trinajstić information content (AvgIpc) is 2.88. The van der Waals surface area contributed by atoms with Crippen LogP contribution in [0.2, 0.25) is 0 Å². The van der Waals surface area contributed by atoms with Crippen LogP contribution in [0.15, 0.2) is 24.3 Å². The quantitative estimate of drug-likeness (QED) is 0.905. The fourth-order valence-electron chi connectivity index (χ4n) is 2.61. The molecule has 1 fully saturated rings. The number of benzene rings is 1. The largest absolute Gasteiger partial charge is 0.573 e. The van der Waals surface area contributed by atoms with E-state index >= 15 is 0 Å². The van der Waals surface area contributed by atoms with E-state index < -0.39 is 6.36 Å². The van der Waals surface area contributed by atoms with Gasteiger partial charge in [0, 0.05) is 13.1 Å². The van der Waals surface area contributed by atoms with E-state index in [1.165, 1.54) is 24.3 Å². The molecule has 1 aromatic rings. The van der Waals surface area contributed by atoms with E-state index in [2.05, 4.69) is 10.1 Å². The highest BCUT2D eigenvalue weighted by Crippen LogP contribution is 2.23. The van der Waals surface area contributed by atoms with Crippen LogP contribution in [0.5, 0.6) is 5.75 Å². The maximum Gasteiger partial charge on any atom is 0.573 e. The first-order valence-electron chi connectivity index (χ1n) is 7.14. The van der Waals surface area contributed by atoms with Crippen molar-refractivity contribution < 1.29 is 22.7 Å². The first-order chi connectivity index (χ1) is 10.4. The number of carbonyl (C=O) groups is 1. The smallest absolute Gasteiger partial charge is 0.406 e. The molecule has 1 N–H and O–H groups in total. The van der Waals surface area contributed by atoms with E-state index in [4.69, 9.17) is 0 Å². The van der Waals surface area contributed by atoms with E-state index in [-0.39, 0.29) is 18.1 Å². The van der Waals surface area contributed by atoms with Crippen molar-refractivity contribution in [3.05, 3.63) is 29.8 Å². The Bertz CT molecular complexity index is 503. The molecule has 4 nitrogen and oxygen atoms in total. The Morgan fingerprint density at radius 2 is 2.05 bits per heavy atom. The summed E-state index contributed by atoms with van der Waals surface area (Å²) in [6, 6.07) is 5.42. The van der Waals surface area contributed by atoms with Gasteiger partial charge < -0.3 is 15.0 Å². The van der Waals surface area contributed by atoms with Gasteiger partial charge in [0.05, 0.1) is 6.42 Å². The summed E-state index contributed by atoms with van der Waals surface area (Å²) in [7, 11) is 1.88. The molecule has 0 spiro atoms. The normalized spacial score (nSPS) is 18.5. The third-order valence-corrected chi connectivity index (χ3v) is 3.64. The first-order valence-corrected chi connectivity index (χ1v) is 7.14. The first kappa shape index (κ1) is 16.6. The van der Waals surface area contributed by atoms with Crippen LogP contribution in [0.4, 0.5) is 13.2 Å². The molecule has 2 rings (SSSR count). The van der Waals surface area contributed by atoms with Crippen molar-refractivity contribution in [3.8, 4) is 5.75 Å². The number of carbonyl (C=O) groups excluding carboxylic acids is 1. The summed E-state index contributed by atoms with van der Waals surface area (Å²) in [6.45, 7) is 2.35. The molecule has 1 atom stereocenters. The van der Waals surface area contributed by atoms with Crippen LogP contribution >= 0.6 is 0 Å². The molecule has 0 unspecified atom stereocenters. The van der Waals surface area contributed by atoms with Gasteiger partial charge in [-0.25, -0.2) is 0 Å². The van der Waals surface area contributed by atoms with E-state index in [0.29, 0.717) is 11.5 Å². The standard InChI is InChI=1S/C15H19F3N2O2/c1-19-9-12-6-7-20(10-12)14(21)8-11-2-4-13(5-3-11)22-15(16,17)18/h2-5,12,19H,6-10H2,1H3/t12-/m1/s1. The van der Waals surface area contributed by atoms with E-state index in [1.807, 2.05) is 11.9 Å². The minimum Gasteiger partial charge on any atom is -0.406 e. The molecule has 0 bridgehead atoms. The Kier molecular flexibility index (Phi) is 5.28. The lowest BCUT2D eigenvalue weighted by Crippen LogP contribution is -2.31. The Labute approximate surface area is 127 Å². The van der Waals surface area contributed by atoms with Gasteiger partial charge in [-0.15, -0.1) is 13.2 Å². The fraction of sp³-hybridized carbons (Fsp3) is 0.533. The molecule has 0 aliphatic carbocycles. The molecule has 1 aromatic carbocycles. The van der Waals surface area contributed by atoms with E-state index in [1.54, 1.807) is 0 Å². The van der Waals surface area contributed by atoms with Gasteiger partial charge in [0.25, 0.3) is 0 Å². The predicted molar refractivity (Wildman–Crippen MR) is 75.4 cm³/mol. The average molecular weight is 316 g/mol. The van der Waals surface area contributed by atoms with Gasteiger partial charge in [0.1, 0.15) is 5.75 Å². The highest BCUT2D eigenvalue weighted by Gasteiger charge is 2.31. The summed E-state index contributed by atoms with van der Waals surface area (Å²) in [4.78, 5) is 14.0. The Morgan fingerprint density at radius 1 is 1.36 bits per heavy atom. The van der Waals surface area contributed by atoms with Gasteiger partial charge >= 0.3 is 6.36 Å². The summed E-state index contributed by atoms with van der Waals surface area (Å²) in [5.41, 5.74) is 0.677. The lowest BCUT2D eigenvalue weighted by molar-refractivity contribution is -0.274. The number of rotatable bonds is 5. The topological polar surface area (TPSA) is 41.6 Å². The molecule has 0 radical (unpaired) electrons. The maximum atomic E-state index is 12.2. The second-order valence-corrected chi connectivity index (χ2v) is 5.42. The molecule has 1 aliphatic rings. The Hall–Kier alpha value is -1.76. The molecule has 22 heavy (non-hydrogen) atoms. The third kappa shape index (κ3) is 4.91. The molecule has 0 saturated carbocycles. The van der Waals surface area contributed by atoms with Crippen LogP contribution in [-0.4, -0.2) is 43.9 Å². The van der Waals surface area contributed by atoms with Gasteiger partial charge in [0.15, 0.2) is 0 Å². The monoisotopic (exact) mass is 316 g/mol. The molecule has 1 aliphatic heterocycles. The number of nitrogens with zero attached hydrogens (tertiary/aromatic N) is 1. The summed E-state index contributed by atoms with van der Waals surface area (Å²) < 4.78 is 40.0. The highest BCUT2D eigenvalue weighted by molar-refractivity contribution is 5.79. The van der Waals surface area contributed by atoms with Crippen molar-refractivity contribution in [2.45, 2.75) is 19.2 Å². The number of nitrogens with one attached hydrogen (secondary N) is 1. The lowest BCUT2D eigenvalue weighted by Gasteiger charge is -2.17. The number of alkyl halides is 3. The van der Waals surface area contributed by atoms with Crippen molar-refractivity contribution in [2.75, 3.05) is 26.7 Å². The third-order valence-electron chi connectivity index (χ3n) is 3.64. The molecule has 122 valence electrons. The summed E-state index contributed by atoms with van der Waals surface area (Å²) in [5, 5.41) is 3.10. The second-order valence-electron chi connectivity index (χ2n) is 5.42. The van der Waals surface area contributed by atoms with Gasteiger partial charge in [0.2, 0.25) is 5.91 Å². The summed E-state index contributed by atoms with van der Waals surface area (Å²) >= 11 is 0. The van der Waals surface area contributed by atoms with Crippen LogP contribution in [0.25, 0.3) is 0 Å². The number of likely N-dealkylation sites (tertiary alicyclic amines) is 1. The SMILES string of the molecule is CNC[C@H]1CCN(C(=O)Cc2ccc(OC(F)(F)F)cc2)C1. The number of hydrogen-bond acceptors (Lipinski definition) is 3. The van der Waals surface area contributed by atoms with Crippen molar-refractivity contribution >= 4 is 5.91 Å². The minimum absolute atomic E-state index is 0.00286. The maximum absolute atomic E-state index is 12.2. The molecule has 7 heteroatoms. The number of hydrogen-bond donors (Lipinski definition) is 1. The molecular formula is C15H19F3N2O2. The zero-order valence-corrected chi connectivity index (χ0v) is 12.3. The second kappa shape index (κ2) is 7.00. The van der Waals surface area contributed by atoms with Crippen LogP contribution in [0.3, 0.4) is 0 Å². The van der Waals surface area contributed by atoms with Gasteiger partial charge in [-0.1, -0.05) is 12.1 Å². The van der Waals surface area contributed by atoms with E-state index in [9.17, 15) is 18.0 Å².